The lowest BCUT2D eigenvalue weighted by atomic mass is 9.88. The minimum atomic E-state index is -3.31. The van der Waals surface area contributed by atoms with Crippen LogP contribution in [0, 0.1) is 0 Å². The molecule has 12 nitrogen and oxygen atoms in total. The summed E-state index contributed by atoms with van der Waals surface area (Å²) in [4.78, 5) is 27.8. The van der Waals surface area contributed by atoms with Crippen LogP contribution in [-0.2, 0) is 38.9 Å². The van der Waals surface area contributed by atoms with E-state index in [1.165, 1.54) is 24.3 Å². The van der Waals surface area contributed by atoms with E-state index in [-0.39, 0.29) is 37.6 Å². The summed E-state index contributed by atoms with van der Waals surface area (Å²) in [6, 6.07) is -0.777. The third kappa shape index (κ3) is 6.38. The number of carboxylic acids is 1. The van der Waals surface area contributed by atoms with Gasteiger partial charge in [0.25, 0.3) is 5.91 Å². The molecule has 1 amide bonds. The molecular formula is C20H29N5O7S. The topological polar surface area (TPSA) is 167 Å². The van der Waals surface area contributed by atoms with E-state index >= 15 is 0 Å². The number of carbonyl (C=O) groups excluding carboxylic acids is 1. The van der Waals surface area contributed by atoms with Crippen molar-refractivity contribution < 1.29 is 32.3 Å². The maximum absolute atomic E-state index is 12.5. The zero-order chi connectivity index (χ0) is 24.1. The van der Waals surface area contributed by atoms with Gasteiger partial charge in [-0.15, -0.1) is 5.10 Å². The first-order valence-electron chi connectivity index (χ1n) is 10.7. The number of rotatable bonds is 11. The van der Waals surface area contributed by atoms with Gasteiger partial charge in [0.15, 0.2) is 15.5 Å². The molecule has 2 aromatic heterocycles. The van der Waals surface area contributed by atoms with Gasteiger partial charge in [-0.1, -0.05) is 24.5 Å². The van der Waals surface area contributed by atoms with Crippen LogP contribution in [-0.4, -0.2) is 69.5 Å². The van der Waals surface area contributed by atoms with E-state index in [0.29, 0.717) is 18.5 Å². The van der Waals surface area contributed by atoms with Crippen molar-refractivity contribution in [2.24, 2.45) is 0 Å². The van der Waals surface area contributed by atoms with Crippen LogP contribution in [0.4, 0.5) is 0 Å². The van der Waals surface area contributed by atoms with Crippen LogP contribution in [0.3, 0.4) is 0 Å². The van der Waals surface area contributed by atoms with Crippen molar-refractivity contribution in [3.63, 3.8) is 0 Å². The van der Waals surface area contributed by atoms with E-state index in [2.05, 4.69) is 20.6 Å². The maximum atomic E-state index is 12.5. The van der Waals surface area contributed by atoms with E-state index in [1.54, 1.807) is 6.20 Å². The molecule has 1 unspecified atom stereocenters. The molecule has 13 heteroatoms. The molecule has 1 aliphatic carbocycles. The first kappa shape index (κ1) is 24.8. The Hall–Kier alpha value is -2.80. The lowest BCUT2D eigenvalue weighted by molar-refractivity contribution is -0.137. The predicted octanol–water partition coefficient (Wildman–Crippen LogP) is 0.976. The molecule has 3 rings (SSSR count). The summed E-state index contributed by atoms with van der Waals surface area (Å²) in [6.07, 6.45) is 7.64. The summed E-state index contributed by atoms with van der Waals surface area (Å²) < 4.78 is 35.7. The second-order valence-corrected chi connectivity index (χ2v) is 10.9. The number of hydrogen-bond acceptors (Lipinski definition) is 9. The molecule has 182 valence electrons. The number of sulfone groups is 1. The van der Waals surface area contributed by atoms with Crippen molar-refractivity contribution in [1.82, 2.24) is 25.3 Å². The summed E-state index contributed by atoms with van der Waals surface area (Å²) in [5.74, 6) is -1.45. The standard InChI is InChI=1S/C20H29N5O7S/c1-31-12-17-22-16(11-32-17)19(28)21-14(9-18(26)27)8-15-10-25(24-23-15)13-20(33(2,29)30)6-4-3-5-7-20/h10-11,14H,3-9,12-13H2,1-2H3,(H,21,28)(H,26,27). The van der Waals surface area contributed by atoms with E-state index in [4.69, 9.17) is 9.15 Å². The molecule has 1 fully saturated rings. The highest BCUT2D eigenvalue weighted by Crippen LogP contribution is 2.36. The minimum absolute atomic E-state index is 0.00786. The Morgan fingerprint density at radius 1 is 1.33 bits per heavy atom. The molecule has 0 radical (unpaired) electrons. The zero-order valence-electron chi connectivity index (χ0n) is 18.7. The minimum Gasteiger partial charge on any atom is -0.481 e. The Balaban J connectivity index is 1.70. The molecule has 1 saturated carbocycles. The van der Waals surface area contributed by atoms with Gasteiger partial charge in [-0.2, -0.15) is 0 Å². The number of nitrogens with zero attached hydrogens (tertiary/aromatic N) is 4. The van der Waals surface area contributed by atoms with E-state index in [1.807, 2.05) is 0 Å². The van der Waals surface area contributed by atoms with Crippen LogP contribution < -0.4 is 5.32 Å². The lowest BCUT2D eigenvalue weighted by Crippen LogP contribution is -2.44. The average molecular weight is 484 g/mol. The molecule has 0 saturated heterocycles. The second-order valence-electron chi connectivity index (χ2n) is 8.46. The number of oxazole rings is 1. The van der Waals surface area contributed by atoms with Crippen molar-refractivity contribution in [3.05, 3.63) is 29.7 Å². The highest BCUT2D eigenvalue weighted by Gasteiger charge is 2.42. The monoisotopic (exact) mass is 483 g/mol. The number of ether oxygens (including phenoxy) is 1. The van der Waals surface area contributed by atoms with E-state index < -0.39 is 32.5 Å². The molecular weight excluding hydrogens is 454 g/mol. The van der Waals surface area contributed by atoms with Crippen LogP contribution in [0.1, 0.15) is 60.6 Å². The fourth-order valence-corrected chi connectivity index (χ4v) is 5.55. The third-order valence-electron chi connectivity index (χ3n) is 5.85. The molecule has 2 heterocycles. The van der Waals surface area contributed by atoms with Crippen LogP contribution in [0.25, 0.3) is 0 Å². The Morgan fingerprint density at radius 2 is 2.06 bits per heavy atom. The van der Waals surface area contributed by atoms with Gasteiger partial charge < -0.3 is 19.6 Å². The van der Waals surface area contributed by atoms with Crippen molar-refractivity contribution in [3.8, 4) is 0 Å². The smallest absolute Gasteiger partial charge is 0.305 e. The number of aliphatic carboxylic acids is 1. The third-order valence-corrected chi connectivity index (χ3v) is 7.96. The number of methoxy groups -OCH3 is 1. The SMILES string of the molecule is COCc1nc(C(=O)NC(CC(=O)O)Cc2cn(CC3(S(C)(=O)=O)CCCCC3)nn2)co1. The molecule has 2 N–H and O–H groups in total. The molecule has 1 atom stereocenters. The van der Waals surface area contributed by atoms with Crippen LogP contribution in [0.15, 0.2) is 16.9 Å². The van der Waals surface area contributed by atoms with Crippen LogP contribution in [0.2, 0.25) is 0 Å². The highest BCUT2D eigenvalue weighted by molar-refractivity contribution is 7.92. The van der Waals surface area contributed by atoms with Gasteiger partial charge in [0.2, 0.25) is 5.89 Å². The Labute approximate surface area is 191 Å². The Morgan fingerprint density at radius 3 is 2.70 bits per heavy atom. The summed E-state index contributed by atoms with van der Waals surface area (Å²) in [5, 5.41) is 20.0. The molecule has 2 aromatic rings. The van der Waals surface area contributed by atoms with Crippen molar-refractivity contribution in [1.29, 1.82) is 0 Å². The Bertz CT molecular complexity index is 1070. The molecule has 1 aliphatic rings. The molecule has 0 bridgehead atoms. The first-order valence-corrected chi connectivity index (χ1v) is 12.6. The highest BCUT2D eigenvalue weighted by atomic mass is 32.2. The Kier molecular flexibility index (Phi) is 7.84. The largest absolute Gasteiger partial charge is 0.481 e. The normalized spacial score (nSPS) is 16.9. The predicted molar refractivity (Wildman–Crippen MR) is 115 cm³/mol. The quantitative estimate of drug-likeness (QED) is 0.470. The number of hydrogen-bond donors (Lipinski definition) is 2. The van der Waals surface area contributed by atoms with Gasteiger partial charge in [-0.05, 0) is 12.8 Å². The fraction of sp³-hybridized carbons (Fsp3) is 0.650. The fourth-order valence-electron chi connectivity index (χ4n) is 4.15. The van der Waals surface area contributed by atoms with Gasteiger partial charge >= 0.3 is 5.97 Å². The summed E-state index contributed by atoms with van der Waals surface area (Å²) >= 11 is 0. The molecule has 0 aliphatic heterocycles. The summed E-state index contributed by atoms with van der Waals surface area (Å²) in [5.41, 5.74) is 0.453. The number of carbonyl (C=O) groups is 2. The van der Waals surface area contributed by atoms with Crippen molar-refractivity contribution in [2.45, 2.75) is 68.9 Å². The van der Waals surface area contributed by atoms with Gasteiger partial charge in [-0.3, -0.25) is 14.3 Å². The number of aromatic nitrogens is 4. The maximum Gasteiger partial charge on any atom is 0.305 e. The number of amides is 1. The van der Waals surface area contributed by atoms with E-state index in [0.717, 1.165) is 19.3 Å². The van der Waals surface area contributed by atoms with Gasteiger partial charge in [0, 0.05) is 32.0 Å². The van der Waals surface area contributed by atoms with Gasteiger partial charge in [0.05, 0.1) is 23.4 Å². The molecule has 33 heavy (non-hydrogen) atoms. The zero-order valence-corrected chi connectivity index (χ0v) is 19.5. The van der Waals surface area contributed by atoms with Gasteiger partial charge in [-0.25, -0.2) is 13.4 Å². The second kappa shape index (κ2) is 10.4. The molecule has 0 aromatic carbocycles. The van der Waals surface area contributed by atoms with Crippen LogP contribution in [0.5, 0.6) is 0 Å². The van der Waals surface area contributed by atoms with Crippen molar-refractivity contribution in [2.75, 3.05) is 13.4 Å². The molecule has 0 spiro atoms. The van der Waals surface area contributed by atoms with E-state index in [9.17, 15) is 23.1 Å². The van der Waals surface area contributed by atoms with Crippen molar-refractivity contribution >= 4 is 21.7 Å². The first-order chi connectivity index (χ1) is 15.6. The summed E-state index contributed by atoms with van der Waals surface area (Å²) in [7, 11) is -1.85. The lowest BCUT2D eigenvalue weighted by Gasteiger charge is -2.35. The number of nitrogens with one attached hydrogen (secondary N) is 1. The van der Waals surface area contributed by atoms with Crippen LogP contribution >= 0.6 is 0 Å². The van der Waals surface area contributed by atoms with Gasteiger partial charge in [0.1, 0.15) is 12.9 Å². The number of carboxylic acid groups (broad SMARTS) is 1. The average Bonchev–Trinajstić information content (AvgIpc) is 3.37. The summed E-state index contributed by atoms with van der Waals surface area (Å²) in [6.45, 7) is 0.292.